The lowest BCUT2D eigenvalue weighted by Gasteiger charge is -2.14. The van der Waals surface area contributed by atoms with E-state index in [0.29, 0.717) is 0 Å². The molecular weight excluding hydrogens is 232 g/mol. The Morgan fingerprint density at radius 2 is 1.63 bits per heavy atom. The molecule has 0 bridgehead atoms. The molecule has 0 aliphatic heterocycles. The molecule has 2 aromatic rings. The van der Waals surface area contributed by atoms with Gasteiger partial charge in [-0.15, -0.1) is 0 Å². The molecule has 1 aliphatic carbocycles. The van der Waals surface area contributed by atoms with Crippen LogP contribution in [0.15, 0.2) is 60.2 Å². The van der Waals surface area contributed by atoms with E-state index in [4.69, 9.17) is 0 Å². The van der Waals surface area contributed by atoms with E-state index < -0.39 is 6.10 Å². The van der Waals surface area contributed by atoms with Crippen molar-refractivity contribution >= 4 is 6.08 Å². The zero-order valence-corrected chi connectivity index (χ0v) is 10.9. The fraction of sp³-hybridized carbons (Fsp3) is 0.222. The maximum atomic E-state index is 10.6. The van der Waals surface area contributed by atoms with E-state index in [1.165, 1.54) is 5.56 Å². The largest absolute Gasteiger partial charge is 0.384 e. The van der Waals surface area contributed by atoms with Crippen LogP contribution in [0, 0.1) is 0 Å². The second kappa shape index (κ2) is 5.41. The molecule has 0 spiro atoms. The van der Waals surface area contributed by atoms with Crippen molar-refractivity contribution in [2.24, 2.45) is 0 Å². The first-order valence-electron chi connectivity index (χ1n) is 6.86. The van der Waals surface area contributed by atoms with Crippen molar-refractivity contribution in [1.82, 2.24) is 0 Å². The maximum absolute atomic E-state index is 10.6. The molecule has 0 saturated carbocycles. The van der Waals surface area contributed by atoms with Crippen LogP contribution in [0.2, 0.25) is 0 Å². The van der Waals surface area contributed by atoms with E-state index in [9.17, 15) is 5.11 Å². The molecule has 0 heterocycles. The van der Waals surface area contributed by atoms with Gasteiger partial charge in [-0.3, -0.25) is 0 Å². The van der Waals surface area contributed by atoms with Gasteiger partial charge in [0.15, 0.2) is 0 Å². The van der Waals surface area contributed by atoms with Gasteiger partial charge < -0.3 is 5.11 Å². The normalized spacial score (nSPS) is 20.9. The van der Waals surface area contributed by atoms with Crippen LogP contribution < -0.4 is 0 Å². The molecule has 3 rings (SSSR count). The molecule has 1 atom stereocenters. The SMILES string of the molecule is OC1/C(=C/c2ccccc2)CCCc2ccccc21. The van der Waals surface area contributed by atoms with E-state index in [1.54, 1.807) is 0 Å². The summed E-state index contributed by atoms with van der Waals surface area (Å²) in [6.07, 6.45) is 4.79. The van der Waals surface area contributed by atoms with Gasteiger partial charge in [0.1, 0.15) is 6.10 Å². The first-order valence-corrected chi connectivity index (χ1v) is 6.86. The van der Waals surface area contributed by atoms with Gasteiger partial charge in [0.05, 0.1) is 0 Å². The second-order valence-electron chi connectivity index (χ2n) is 5.08. The van der Waals surface area contributed by atoms with Crippen molar-refractivity contribution in [2.75, 3.05) is 0 Å². The number of fused-ring (bicyclic) bond motifs is 1. The van der Waals surface area contributed by atoms with Crippen molar-refractivity contribution in [1.29, 1.82) is 0 Å². The van der Waals surface area contributed by atoms with Gasteiger partial charge in [0.25, 0.3) is 0 Å². The van der Waals surface area contributed by atoms with Crippen LogP contribution in [-0.4, -0.2) is 5.11 Å². The highest BCUT2D eigenvalue weighted by Gasteiger charge is 2.19. The molecule has 1 nitrogen and oxygen atoms in total. The lowest BCUT2D eigenvalue weighted by molar-refractivity contribution is 0.214. The molecule has 2 aromatic carbocycles. The topological polar surface area (TPSA) is 20.2 Å². The van der Waals surface area contributed by atoms with Gasteiger partial charge in [0.2, 0.25) is 0 Å². The zero-order chi connectivity index (χ0) is 13.1. The number of rotatable bonds is 1. The average molecular weight is 250 g/mol. The minimum Gasteiger partial charge on any atom is -0.384 e. The van der Waals surface area contributed by atoms with Crippen LogP contribution in [0.1, 0.15) is 35.6 Å². The van der Waals surface area contributed by atoms with Crippen LogP contribution >= 0.6 is 0 Å². The molecule has 1 heteroatoms. The Morgan fingerprint density at radius 1 is 0.895 bits per heavy atom. The summed E-state index contributed by atoms with van der Waals surface area (Å²) in [5, 5.41) is 10.6. The van der Waals surface area contributed by atoms with Crippen molar-refractivity contribution in [2.45, 2.75) is 25.4 Å². The Balaban J connectivity index is 1.98. The summed E-state index contributed by atoms with van der Waals surface area (Å²) >= 11 is 0. The van der Waals surface area contributed by atoms with Crippen LogP contribution in [0.5, 0.6) is 0 Å². The van der Waals surface area contributed by atoms with Crippen LogP contribution in [0.25, 0.3) is 6.08 Å². The third-order valence-electron chi connectivity index (χ3n) is 3.76. The summed E-state index contributed by atoms with van der Waals surface area (Å²) in [6, 6.07) is 18.5. The van der Waals surface area contributed by atoms with Gasteiger partial charge in [-0.25, -0.2) is 0 Å². The molecule has 0 aromatic heterocycles. The van der Waals surface area contributed by atoms with Gasteiger partial charge in [-0.05, 0) is 41.5 Å². The number of aryl methyl sites for hydroxylation is 1. The van der Waals surface area contributed by atoms with Crippen LogP contribution in [0.4, 0.5) is 0 Å². The number of aliphatic hydroxyl groups excluding tert-OH is 1. The third kappa shape index (κ3) is 2.61. The van der Waals surface area contributed by atoms with Crippen molar-refractivity contribution < 1.29 is 5.11 Å². The van der Waals surface area contributed by atoms with Gasteiger partial charge in [-0.2, -0.15) is 0 Å². The molecule has 0 amide bonds. The average Bonchev–Trinajstić information content (AvgIpc) is 2.61. The van der Waals surface area contributed by atoms with Crippen molar-refractivity contribution in [3.63, 3.8) is 0 Å². The standard InChI is InChI=1S/C18H18O/c19-18-16(13-14-7-2-1-3-8-14)11-6-10-15-9-4-5-12-17(15)18/h1-5,7-9,12-13,18-19H,6,10-11H2/b16-13+. The summed E-state index contributed by atoms with van der Waals surface area (Å²) in [4.78, 5) is 0. The highest BCUT2D eigenvalue weighted by atomic mass is 16.3. The fourth-order valence-electron chi connectivity index (χ4n) is 2.76. The van der Waals surface area contributed by atoms with Crippen molar-refractivity contribution in [3.8, 4) is 0 Å². The molecule has 1 aliphatic rings. The Morgan fingerprint density at radius 3 is 2.47 bits per heavy atom. The lowest BCUT2D eigenvalue weighted by Crippen LogP contribution is -2.01. The molecule has 1 unspecified atom stereocenters. The predicted octanol–water partition coefficient (Wildman–Crippen LogP) is 4.14. The first-order chi connectivity index (χ1) is 9.34. The predicted molar refractivity (Wildman–Crippen MR) is 78.8 cm³/mol. The van der Waals surface area contributed by atoms with Crippen LogP contribution in [0.3, 0.4) is 0 Å². The molecule has 0 radical (unpaired) electrons. The quantitative estimate of drug-likeness (QED) is 0.754. The minimum atomic E-state index is -0.459. The Kier molecular flexibility index (Phi) is 3.47. The van der Waals surface area contributed by atoms with Gasteiger partial charge >= 0.3 is 0 Å². The van der Waals surface area contributed by atoms with E-state index >= 15 is 0 Å². The number of benzene rings is 2. The highest BCUT2D eigenvalue weighted by Crippen LogP contribution is 2.33. The van der Waals surface area contributed by atoms with Crippen molar-refractivity contribution in [3.05, 3.63) is 76.9 Å². The third-order valence-corrected chi connectivity index (χ3v) is 3.76. The second-order valence-corrected chi connectivity index (χ2v) is 5.08. The molecule has 0 fully saturated rings. The maximum Gasteiger partial charge on any atom is 0.101 e. The van der Waals surface area contributed by atoms with E-state index in [1.807, 2.05) is 30.3 Å². The van der Waals surface area contributed by atoms with Crippen LogP contribution in [-0.2, 0) is 6.42 Å². The molecule has 19 heavy (non-hydrogen) atoms. The fourth-order valence-corrected chi connectivity index (χ4v) is 2.76. The summed E-state index contributed by atoms with van der Waals surface area (Å²) < 4.78 is 0. The molecular formula is C18H18O. The van der Waals surface area contributed by atoms with Gasteiger partial charge in [0, 0.05) is 0 Å². The molecule has 1 N–H and O–H groups in total. The summed E-state index contributed by atoms with van der Waals surface area (Å²) in [5.41, 5.74) is 4.64. The summed E-state index contributed by atoms with van der Waals surface area (Å²) in [7, 11) is 0. The summed E-state index contributed by atoms with van der Waals surface area (Å²) in [5.74, 6) is 0. The number of hydrogen-bond donors (Lipinski definition) is 1. The Bertz CT molecular complexity index is 584. The molecule has 96 valence electrons. The monoisotopic (exact) mass is 250 g/mol. The van der Waals surface area contributed by atoms with E-state index in [0.717, 1.165) is 36.0 Å². The zero-order valence-electron chi connectivity index (χ0n) is 10.9. The Labute approximate surface area is 114 Å². The van der Waals surface area contributed by atoms with E-state index in [-0.39, 0.29) is 0 Å². The molecule has 0 saturated heterocycles. The highest BCUT2D eigenvalue weighted by molar-refractivity contribution is 5.55. The van der Waals surface area contributed by atoms with E-state index in [2.05, 4.69) is 30.3 Å². The first kappa shape index (κ1) is 12.2. The lowest BCUT2D eigenvalue weighted by atomic mass is 9.97. The smallest absolute Gasteiger partial charge is 0.101 e. The summed E-state index contributed by atoms with van der Waals surface area (Å²) in [6.45, 7) is 0. The minimum absolute atomic E-state index is 0.459. The Hall–Kier alpha value is -1.86. The van der Waals surface area contributed by atoms with Gasteiger partial charge in [-0.1, -0.05) is 60.7 Å². The number of aliphatic hydroxyl groups is 1. The number of hydrogen-bond acceptors (Lipinski definition) is 1.